The lowest BCUT2D eigenvalue weighted by molar-refractivity contribution is -0.144. The van der Waals surface area contributed by atoms with E-state index in [1.807, 2.05) is 0 Å². The zero-order valence-corrected chi connectivity index (χ0v) is 21.2. The summed E-state index contributed by atoms with van der Waals surface area (Å²) in [6.07, 6.45) is -3.63. The van der Waals surface area contributed by atoms with Gasteiger partial charge in [0, 0.05) is 12.8 Å². The van der Waals surface area contributed by atoms with Crippen molar-refractivity contribution in [3.8, 4) is 11.5 Å². The Morgan fingerprint density at radius 1 is 0.889 bits per heavy atom. The first kappa shape index (κ1) is 30.5. The van der Waals surface area contributed by atoms with Gasteiger partial charge in [-0.25, -0.2) is 14.4 Å². The summed E-state index contributed by atoms with van der Waals surface area (Å²) in [6, 6.07) is 4.07. The standard InChI is InChI=1S/C24H35NO11/c1-6-10-31-21(28)35-18-9-8-17(12-19(18)36-22(29)32-11-7-2)14-24(25,20(26)27)13-16(5)34-23(30)33-15(3)4/h8-9,12,15-16H,6-7,10-11,13-14,25H2,1-5H3,(H,26,27)/t16-,24?/m0/s1. The molecule has 12 nitrogen and oxygen atoms in total. The lowest BCUT2D eigenvalue weighted by atomic mass is 9.86. The van der Waals surface area contributed by atoms with Gasteiger partial charge < -0.3 is 39.3 Å². The Kier molecular flexibility index (Phi) is 12.5. The van der Waals surface area contributed by atoms with Crippen LogP contribution in [0.4, 0.5) is 14.4 Å². The van der Waals surface area contributed by atoms with E-state index in [1.54, 1.807) is 27.7 Å². The van der Waals surface area contributed by atoms with Crippen molar-refractivity contribution >= 4 is 24.4 Å². The summed E-state index contributed by atoms with van der Waals surface area (Å²) >= 11 is 0. The van der Waals surface area contributed by atoms with Crippen LogP contribution in [0.15, 0.2) is 18.2 Å². The molecule has 36 heavy (non-hydrogen) atoms. The Hall–Kier alpha value is -3.54. The van der Waals surface area contributed by atoms with Crippen LogP contribution in [-0.2, 0) is 30.2 Å². The number of rotatable bonds is 13. The Bertz CT molecular complexity index is 902. The number of nitrogens with two attached hydrogens (primary N) is 1. The maximum Gasteiger partial charge on any atom is 0.513 e. The maximum absolute atomic E-state index is 12.0. The number of aliphatic carboxylic acids is 1. The number of ether oxygens (including phenoxy) is 6. The minimum Gasteiger partial charge on any atom is -0.480 e. The van der Waals surface area contributed by atoms with Gasteiger partial charge >= 0.3 is 24.4 Å². The summed E-state index contributed by atoms with van der Waals surface area (Å²) in [5.74, 6) is -1.68. The molecule has 0 saturated heterocycles. The van der Waals surface area contributed by atoms with Crippen LogP contribution in [0, 0.1) is 0 Å². The molecule has 3 N–H and O–H groups in total. The van der Waals surface area contributed by atoms with Crippen molar-refractivity contribution in [3.63, 3.8) is 0 Å². The van der Waals surface area contributed by atoms with E-state index in [0.717, 1.165) is 0 Å². The summed E-state index contributed by atoms with van der Waals surface area (Å²) < 4.78 is 30.1. The second-order valence-corrected chi connectivity index (χ2v) is 8.37. The zero-order chi connectivity index (χ0) is 27.3. The first-order valence-corrected chi connectivity index (χ1v) is 11.6. The van der Waals surface area contributed by atoms with E-state index in [2.05, 4.69) is 0 Å². The van der Waals surface area contributed by atoms with Crippen LogP contribution in [0.25, 0.3) is 0 Å². The van der Waals surface area contributed by atoms with Gasteiger partial charge in [-0.1, -0.05) is 19.9 Å². The fraction of sp³-hybridized carbons (Fsp3) is 0.583. The van der Waals surface area contributed by atoms with E-state index in [1.165, 1.54) is 25.1 Å². The van der Waals surface area contributed by atoms with Gasteiger partial charge in [-0.15, -0.1) is 0 Å². The largest absolute Gasteiger partial charge is 0.513 e. The molecular formula is C24H35NO11. The molecule has 0 bridgehead atoms. The van der Waals surface area contributed by atoms with Crippen molar-refractivity contribution in [1.82, 2.24) is 0 Å². The van der Waals surface area contributed by atoms with Crippen LogP contribution in [0.1, 0.15) is 59.4 Å². The van der Waals surface area contributed by atoms with Crippen LogP contribution in [0.5, 0.6) is 11.5 Å². The maximum atomic E-state index is 12.0. The molecule has 1 rings (SSSR count). The van der Waals surface area contributed by atoms with Gasteiger partial charge in [-0.3, -0.25) is 4.79 Å². The lowest BCUT2D eigenvalue weighted by Crippen LogP contribution is -2.52. The second kappa shape index (κ2) is 14.8. The number of carboxylic acids is 1. The average molecular weight is 514 g/mol. The molecule has 1 unspecified atom stereocenters. The highest BCUT2D eigenvalue weighted by Gasteiger charge is 2.37. The minimum absolute atomic E-state index is 0.106. The molecule has 0 radical (unpaired) electrons. The van der Waals surface area contributed by atoms with Crippen LogP contribution >= 0.6 is 0 Å². The molecule has 202 valence electrons. The van der Waals surface area contributed by atoms with Crippen molar-refractivity contribution in [2.24, 2.45) is 5.73 Å². The molecule has 0 saturated carbocycles. The number of carbonyl (C=O) groups is 4. The van der Waals surface area contributed by atoms with Crippen LogP contribution in [0.3, 0.4) is 0 Å². The average Bonchev–Trinajstić information content (AvgIpc) is 2.77. The molecule has 0 aliphatic carbocycles. The first-order chi connectivity index (χ1) is 16.9. The molecule has 0 spiro atoms. The number of hydrogen-bond donors (Lipinski definition) is 2. The summed E-state index contributed by atoms with van der Waals surface area (Å²) in [7, 11) is 0. The Morgan fingerprint density at radius 3 is 1.94 bits per heavy atom. The molecule has 0 heterocycles. The quantitative estimate of drug-likeness (QED) is 0.219. The molecule has 12 heteroatoms. The summed E-state index contributed by atoms with van der Waals surface area (Å²) in [5.41, 5.74) is 4.65. The molecule has 1 aromatic rings. The summed E-state index contributed by atoms with van der Waals surface area (Å²) in [6.45, 7) is 8.62. The molecule has 1 aromatic carbocycles. The van der Waals surface area contributed by atoms with E-state index in [0.29, 0.717) is 18.4 Å². The van der Waals surface area contributed by atoms with Gasteiger partial charge in [0.25, 0.3) is 0 Å². The fourth-order valence-electron chi connectivity index (χ4n) is 2.97. The normalized spacial score (nSPS) is 13.2. The zero-order valence-electron chi connectivity index (χ0n) is 21.2. The Labute approximate surface area is 209 Å². The summed E-state index contributed by atoms with van der Waals surface area (Å²) in [5, 5.41) is 9.80. The molecule has 0 aromatic heterocycles. The molecule has 0 fully saturated rings. The van der Waals surface area contributed by atoms with Crippen molar-refractivity contribution in [3.05, 3.63) is 23.8 Å². The number of benzene rings is 1. The molecule has 0 amide bonds. The SMILES string of the molecule is CCCOC(=O)Oc1ccc(CC(N)(C[C@H](C)OC(=O)OC(C)C)C(=O)O)cc1OC(=O)OCCC. The van der Waals surface area contributed by atoms with E-state index in [4.69, 9.17) is 34.2 Å². The predicted octanol–water partition coefficient (Wildman–Crippen LogP) is 4.20. The Balaban J connectivity index is 3.13. The summed E-state index contributed by atoms with van der Waals surface area (Å²) in [4.78, 5) is 47.7. The molecular weight excluding hydrogens is 478 g/mol. The van der Waals surface area contributed by atoms with E-state index < -0.39 is 42.2 Å². The highest BCUT2D eigenvalue weighted by molar-refractivity contribution is 5.79. The monoisotopic (exact) mass is 513 g/mol. The number of hydrogen-bond acceptors (Lipinski definition) is 11. The van der Waals surface area contributed by atoms with Crippen LogP contribution in [-0.4, -0.2) is 60.5 Å². The second-order valence-electron chi connectivity index (χ2n) is 8.37. The van der Waals surface area contributed by atoms with E-state index >= 15 is 0 Å². The lowest BCUT2D eigenvalue weighted by Gasteiger charge is -2.28. The third-order valence-corrected chi connectivity index (χ3v) is 4.47. The van der Waals surface area contributed by atoms with Gasteiger partial charge in [0.15, 0.2) is 11.5 Å². The highest BCUT2D eigenvalue weighted by Crippen LogP contribution is 2.31. The van der Waals surface area contributed by atoms with Gasteiger partial charge in [0.2, 0.25) is 0 Å². The van der Waals surface area contributed by atoms with Crippen LogP contribution < -0.4 is 15.2 Å². The van der Waals surface area contributed by atoms with Crippen molar-refractivity contribution < 1.29 is 52.7 Å². The molecule has 0 aliphatic heterocycles. The van der Waals surface area contributed by atoms with Crippen LogP contribution in [0.2, 0.25) is 0 Å². The topological polar surface area (TPSA) is 170 Å². The van der Waals surface area contributed by atoms with Gasteiger partial charge in [-0.2, -0.15) is 0 Å². The number of carbonyl (C=O) groups excluding carboxylic acids is 3. The minimum atomic E-state index is -1.86. The predicted molar refractivity (Wildman–Crippen MR) is 126 cm³/mol. The van der Waals surface area contributed by atoms with Crippen molar-refractivity contribution in [1.29, 1.82) is 0 Å². The van der Waals surface area contributed by atoms with Gasteiger partial charge in [-0.05, 0) is 51.3 Å². The first-order valence-electron chi connectivity index (χ1n) is 11.6. The molecule has 2 atom stereocenters. The highest BCUT2D eigenvalue weighted by atomic mass is 16.7. The van der Waals surface area contributed by atoms with Crippen molar-refractivity contribution in [2.45, 2.75) is 78.0 Å². The third-order valence-electron chi connectivity index (χ3n) is 4.47. The smallest absolute Gasteiger partial charge is 0.480 e. The molecule has 0 aliphatic rings. The van der Waals surface area contributed by atoms with Gasteiger partial charge in [0.1, 0.15) is 11.6 Å². The van der Waals surface area contributed by atoms with E-state index in [9.17, 15) is 24.3 Å². The Morgan fingerprint density at radius 2 is 1.44 bits per heavy atom. The van der Waals surface area contributed by atoms with Crippen molar-refractivity contribution in [2.75, 3.05) is 13.2 Å². The fourth-order valence-corrected chi connectivity index (χ4v) is 2.97. The number of carboxylic acid groups (broad SMARTS) is 1. The van der Waals surface area contributed by atoms with Gasteiger partial charge in [0.05, 0.1) is 19.3 Å². The third kappa shape index (κ3) is 10.8. The van der Waals surface area contributed by atoms with E-state index in [-0.39, 0.29) is 37.6 Å².